The molecule has 0 saturated heterocycles. The number of carbonyl (C=O) groups excluding carboxylic acids is 1. The highest BCUT2D eigenvalue weighted by Gasteiger charge is 2.16. The van der Waals surface area contributed by atoms with Gasteiger partial charge in [0.05, 0.1) is 17.3 Å². The maximum Gasteiger partial charge on any atom is 0.412 e. The molecule has 0 aliphatic heterocycles. The molecule has 0 aliphatic rings. The molecule has 6 nitrogen and oxygen atoms in total. The Labute approximate surface area is 156 Å². The van der Waals surface area contributed by atoms with Gasteiger partial charge in [0.15, 0.2) is 0 Å². The molecule has 0 aliphatic carbocycles. The lowest BCUT2D eigenvalue weighted by molar-refractivity contribution is 0.0636. The fraction of sp³-hybridized carbons (Fsp3) is 0.389. The van der Waals surface area contributed by atoms with Crippen LogP contribution >= 0.6 is 15.9 Å². The van der Waals surface area contributed by atoms with E-state index >= 15 is 0 Å². The normalized spacial score (nSPS) is 11.2. The highest BCUT2D eigenvalue weighted by Crippen LogP contribution is 2.18. The number of hydrogen-bond donors (Lipinski definition) is 2. The smallest absolute Gasteiger partial charge is 0.412 e. The molecule has 2 rings (SSSR count). The topological polar surface area (TPSA) is 72.7 Å². The maximum atomic E-state index is 11.7. The zero-order chi connectivity index (χ0) is 18.3. The molecule has 136 valence electrons. The number of benzene rings is 1. The summed E-state index contributed by atoms with van der Waals surface area (Å²) in [4.78, 5) is 11.7. The monoisotopic (exact) mass is 410 g/mol. The Kier molecular flexibility index (Phi) is 6.90. The van der Waals surface area contributed by atoms with Gasteiger partial charge in [0, 0.05) is 12.2 Å². The lowest BCUT2D eigenvalue weighted by Crippen LogP contribution is -2.27. The van der Waals surface area contributed by atoms with Crippen molar-refractivity contribution in [2.45, 2.75) is 32.9 Å². The number of rotatable bonds is 7. The fourth-order valence-electron chi connectivity index (χ4n) is 1.95. The Morgan fingerprint density at radius 2 is 1.92 bits per heavy atom. The van der Waals surface area contributed by atoms with Crippen LogP contribution in [0.3, 0.4) is 0 Å². The SMILES string of the molecule is CC(C)(C)OC(=O)Nc1ccc(OCCNCc2occc2Br)cc1. The van der Waals surface area contributed by atoms with Gasteiger partial charge < -0.3 is 19.2 Å². The fourth-order valence-corrected chi connectivity index (χ4v) is 2.29. The molecule has 1 aromatic carbocycles. The third-order valence-corrected chi connectivity index (χ3v) is 3.73. The van der Waals surface area contributed by atoms with Crippen LogP contribution in [0.25, 0.3) is 0 Å². The van der Waals surface area contributed by atoms with Gasteiger partial charge in [-0.05, 0) is 67.0 Å². The molecule has 0 spiro atoms. The molecule has 7 heteroatoms. The van der Waals surface area contributed by atoms with E-state index < -0.39 is 11.7 Å². The predicted octanol–water partition coefficient (Wildman–Crippen LogP) is 4.56. The van der Waals surface area contributed by atoms with Crippen molar-refractivity contribution >= 4 is 27.7 Å². The van der Waals surface area contributed by atoms with Crippen LogP contribution < -0.4 is 15.4 Å². The molecule has 0 atom stereocenters. The van der Waals surface area contributed by atoms with E-state index in [4.69, 9.17) is 13.9 Å². The van der Waals surface area contributed by atoms with Gasteiger partial charge in [0.1, 0.15) is 23.7 Å². The number of amides is 1. The van der Waals surface area contributed by atoms with Gasteiger partial charge in [0.2, 0.25) is 0 Å². The second kappa shape index (κ2) is 8.92. The Balaban J connectivity index is 1.68. The lowest BCUT2D eigenvalue weighted by atomic mass is 10.2. The molecule has 1 aromatic heterocycles. The van der Waals surface area contributed by atoms with E-state index in [9.17, 15) is 4.79 Å². The van der Waals surface area contributed by atoms with Crippen molar-refractivity contribution < 1.29 is 18.7 Å². The quantitative estimate of drug-likeness (QED) is 0.654. The summed E-state index contributed by atoms with van der Waals surface area (Å²) in [6, 6.07) is 9.01. The summed E-state index contributed by atoms with van der Waals surface area (Å²) in [5.41, 5.74) is 0.133. The van der Waals surface area contributed by atoms with E-state index in [-0.39, 0.29) is 0 Å². The molecule has 0 saturated carbocycles. The summed E-state index contributed by atoms with van der Waals surface area (Å²) >= 11 is 3.41. The van der Waals surface area contributed by atoms with Crippen molar-refractivity contribution in [3.05, 3.63) is 46.8 Å². The first kappa shape index (κ1) is 19.3. The highest BCUT2D eigenvalue weighted by atomic mass is 79.9. The molecule has 0 unspecified atom stereocenters. The number of hydrogen-bond acceptors (Lipinski definition) is 5. The Morgan fingerprint density at radius 1 is 1.20 bits per heavy atom. The standard InChI is InChI=1S/C18H23BrN2O4/c1-18(2,3)25-17(22)21-13-4-6-14(7-5-13)23-11-9-20-12-16-15(19)8-10-24-16/h4-8,10,20H,9,11-12H2,1-3H3,(H,21,22). The van der Waals surface area contributed by atoms with Gasteiger partial charge in [-0.25, -0.2) is 4.79 Å². The second-order valence-corrected chi connectivity index (χ2v) is 7.22. The van der Waals surface area contributed by atoms with Crippen molar-refractivity contribution in [1.82, 2.24) is 5.32 Å². The van der Waals surface area contributed by atoms with Gasteiger partial charge in [-0.3, -0.25) is 5.32 Å². The molecular weight excluding hydrogens is 388 g/mol. The summed E-state index contributed by atoms with van der Waals surface area (Å²) in [5, 5.41) is 5.91. The minimum Gasteiger partial charge on any atom is -0.492 e. The van der Waals surface area contributed by atoms with Gasteiger partial charge in [-0.2, -0.15) is 0 Å². The largest absolute Gasteiger partial charge is 0.492 e. The molecule has 0 radical (unpaired) electrons. The molecule has 1 heterocycles. The minimum atomic E-state index is -0.522. The van der Waals surface area contributed by atoms with Crippen molar-refractivity contribution in [1.29, 1.82) is 0 Å². The van der Waals surface area contributed by atoms with Crippen LogP contribution in [0.1, 0.15) is 26.5 Å². The molecular formula is C18H23BrN2O4. The maximum absolute atomic E-state index is 11.7. The van der Waals surface area contributed by atoms with E-state index in [1.165, 1.54) is 0 Å². The van der Waals surface area contributed by atoms with Gasteiger partial charge in [-0.15, -0.1) is 0 Å². The number of carbonyl (C=O) groups is 1. The first-order valence-corrected chi connectivity index (χ1v) is 8.78. The average Bonchev–Trinajstić information content (AvgIpc) is 2.92. The third kappa shape index (κ3) is 7.19. The number of halogens is 1. The van der Waals surface area contributed by atoms with Crippen molar-refractivity contribution in [3.63, 3.8) is 0 Å². The van der Waals surface area contributed by atoms with Crippen molar-refractivity contribution in [2.24, 2.45) is 0 Å². The number of anilines is 1. The van der Waals surface area contributed by atoms with E-state index in [1.54, 1.807) is 30.5 Å². The predicted molar refractivity (Wildman–Crippen MR) is 99.9 cm³/mol. The Morgan fingerprint density at radius 3 is 2.52 bits per heavy atom. The van der Waals surface area contributed by atoms with Crippen LogP contribution in [-0.4, -0.2) is 24.8 Å². The highest BCUT2D eigenvalue weighted by molar-refractivity contribution is 9.10. The zero-order valence-corrected chi connectivity index (χ0v) is 16.2. The molecule has 0 fully saturated rings. The summed E-state index contributed by atoms with van der Waals surface area (Å²) in [6.45, 7) is 7.31. The third-order valence-electron chi connectivity index (χ3n) is 3.02. The average molecular weight is 411 g/mol. The van der Waals surface area contributed by atoms with Crippen LogP contribution in [0.5, 0.6) is 5.75 Å². The van der Waals surface area contributed by atoms with Gasteiger partial charge in [0.25, 0.3) is 0 Å². The van der Waals surface area contributed by atoms with Crippen molar-refractivity contribution in [2.75, 3.05) is 18.5 Å². The van der Waals surface area contributed by atoms with Crippen LogP contribution in [0.2, 0.25) is 0 Å². The number of nitrogens with one attached hydrogen (secondary N) is 2. The van der Waals surface area contributed by atoms with Gasteiger partial charge in [-0.1, -0.05) is 0 Å². The summed E-state index contributed by atoms with van der Waals surface area (Å²) in [5.74, 6) is 1.59. The van der Waals surface area contributed by atoms with Crippen LogP contribution in [0, 0.1) is 0 Å². The van der Waals surface area contributed by atoms with Crippen LogP contribution in [0.15, 0.2) is 45.5 Å². The minimum absolute atomic E-state index is 0.477. The second-order valence-electron chi connectivity index (χ2n) is 6.37. The summed E-state index contributed by atoms with van der Waals surface area (Å²) < 4.78 is 17.1. The number of ether oxygens (including phenoxy) is 2. The van der Waals surface area contributed by atoms with E-state index in [1.807, 2.05) is 26.8 Å². The van der Waals surface area contributed by atoms with E-state index in [0.717, 1.165) is 16.0 Å². The van der Waals surface area contributed by atoms with Crippen LogP contribution in [0.4, 0.5) is 10.5 Å². The molecule has 2 aromatic rings. The summed E-state index contributed by atoms with van der Waals surface area (Å²) in [7, 11) is 0. The Hall–Kier alpha value is -1.99. The molecule has 0 bridgehead atoms. The van der Waals surface area contributed by atoms with Crippen LogP contribution in [-0.2, 0) is 11.3 Å². The molecule has 25 heavy (non-hydrogen) atoms. The Bertz CT molecular complexity index is 677. The number of furan rings is 1. The van der Waals surface area contributed by atoms with Gasteiger partial charge >= 0.3 is 6.09 Å². The zero-order valence-electron chi connectivity index (χ0n) is 14.6. The summed E-state index contributed by atoms with van der Waals surface area (Å²) in [6.07, 6.45) is 1.17. The molecule has 1 amide bonds. The molecule has 2 N–H and O–H groups in total. The van der Waals surface area contributed by atoms with E-state index in [2.05, 4.69) is 26.6 Å². The first-order valence-electron chi connectivity index (χ1n) is 7.99. The lowest BCUT2D eigenvalue weighted by Gasteiger charge is -2.19. The first-order chi connectivity index (χ1) is 11.8. The van der Waals surface area contributed by atoms with E-state index in [0.29, 0.717) is 25.4 Å². The van der Waals surface area contributed by atoms with Crippen molar-refractivity contribution in [3.8, 4) is 5.75 Å².